The number of methoxy groups -OCH3 is 1. The summed E-state index contributed by atoms with van der Waals surface area (Å²) in [6.07, 6.45) is -0.0993. The molecule has 0 aliphatic carbocycles. The summed E-state index contributed by atoms with van der Waals surface area (Å²) in [5, 5.41) is 2.91. The fourth-order valence-corrected chi connectivity index (χ4v) is 2.63. The SMILES string of the molecule is CC[C@@H](Oc1ccc(OC)cc1)C(=O)Nc1ccccc1Oc1ccccc1. The van der Waals surface area contributed by atoms with Gasteiger partial charge in [-0.1, -0.05) is 37.3 Å². The van der Waals surface area contributed by atoms with E-state index in [1.54, 1.807) is 37.4 Å². The Hall–Kier alpha value is -3.47. The predicted octanol–water partition coefficient (Wildman–Crippen LogP) is 5.28. The first-order valence-corrected chi connectivity index (χ1v) is 9.13. The molecule has 0 heterocycles. The molecule has 5 heteroatoms. The molecular weight excluding hydrogens is 354 g/mol. The summed E-state index contributed by atoms with van der Waals surface area (Å²) >= 11 is 0. The van der Waals surface area contributed by atoms with Gasteiger partial charge in [0.15, 0.2) is 11.9 Å². The lowest BCUT2D eigenvalue weighted by atomic mass is 10.2. The molecule has 0 aromatic heterocycles. The second kappa shape index (κ2) is 9.46. The van der Waals surface area contributed by atoms with Crippen LogP contribution in [0.2, 0.25) is 0 Å². The minimum absolute atomic E-state index is 0.234. The van der Waals surface area contributed by atoms with Crippen LogP contribution in [0.15, 0.2) is 78.9 Å². The smallest absolute Gasteiger partial charge is 0.265 e. The van der Waals surface area contributed by atoms with E-state index in [0.29, 0.717) is 29.4 Å². The van der Waals surface area contributed by atoms with Gasteiger partial charge in [-0.3, -0.25) is 4.79 Å². The minimum atomic E-state index is -0.627. The second-order valence-corrected chi connectivity index (χ2v) is 6.09. The normalized spacial score (nSPS) is 11.4. The number of carbonyl (C=O) groups excluding carboxylic acids is 1. The molecule has 0 unspecified atom stereocenters. The molecule has 3 aromatic rings. The lowest BCUT2D eigenvalue weighted by Crippen LogP contribution is -2.32. The van der Waals surface area contributed by atoms with Gasteiger partial charge in [0.1, 0.15) is 17.2 Å². The maximum atomic E-state index is 12.8. The van der Waals surface area contributed by atoms with E-state index in [1.807, 2.05) is 55.5 Å². The van der Waals surface area contributed by atoms with Gasteiger partial charge < -0.3 is 19.5 Å². The largest absolute Gasteiger partial charge is 0.497 e. The van der Waals surface area contributed by atoms with E-state index in [0.717, 1.165) is 5.75 Å². The first kappa shape index (κ1) is 19.3. The van der Waals surface area contributed by atoms with Gasteiger partial charge in [0, 0.05) is 0 Å². The second-order valence-electron chi connectivity index (χ2n) is 6.09. The van der Waals surface area contributed by atoms with Crippen LogP contribution in [-0.2, 0) is 4.79 Å². The van der Waals surface area contributed by atoms with Crippen molar-refractivity contribution < 1.29 is 19.0 Å². The van der Waals surface area contributed by atoms with E-state index in [1.165, 1.54) is 0 Å². The average Bonchev–Trinajstić information content (AvgIpc) is 2.74. The molecule has 1 atom stereocenters. The topological polar surface area (TPSA) is 56.8 Å². The molecule has 0 saturated heterocycles. The van der Waals surface area contributed by atoms with E-state index in [2.05, 4.69) is 5.32 Å². The van der Waals surface area contributed by atoms with Crippen LogP contribution >= 0.6 is 0 Å². The number of anilines is 1. The lowest BCUT2D eigenvalue weighted by molar-refractivity contribution is -0.122. The maximum absolute atomic E-state index is 12.8. The molecule has 3 rings (SSSR count). The van der Waals surface area contributed by atoms with E-state index in [-0.39, 0.29) is 5.91 Å². The number of benzene rings is 3. The third-order valence-corrected chi connectivity index (χ3v) is 4.12. The predicted molar refractivity (Wildman–Crippen MR) is 109 cm³/mol. The molecule has 3 aromatic carbocycles. The lowest BCUT2D eigenvalue weighted by Gasteiger charge is -2.19. The van der Waals surface area contributed by atoms with Crippen molar-refractivity contribution in [2.45, 2.75) is 19.4 Å². The first-order chi connectivity index (χ1) is 13.7. The Morgan fingerprint density at radius 1 is 0.857 bits per heavy atom. The molecule has 0 bridgehead atoms. The van der Waals surface area contributed by atoms with Crippen LogP contribution in [0.1, 0.15) is 13.3 Å². The van der Waals surface area contributed by atoms with Crippen molar-refractivity contribution in [1.29, 1.82) is 0 Å². The van der Waals surface area contributed by atoms with Gasteiger partial charge in [-0.05, 0) is 55.0 Å². The van der Waals surface area contributed by atoms with Gasteiger partial charge >= 0.3 is 0 Å². The van der Waals surface area contributed by atoms with Gasteiger partial charge in [0.25, 0.3) is 5.91 Å². The van der Waals surface area contributed by atoms with Crippen molar-refractivity contribution in [3.05, 3.63) is 78.9 Å². The van der Waals surface area contributed by atoms with Gasteiger partial charge in [0.05, 0.1) is 12.8 Å². The summed E-state index contributed by atoms with van der Waals surface area (Å²) in [5.41, 5.74) is 0.591. The van der Waals surface area contributed by atoms with E-state index in [9.17, 15) is 4.79 Å². The summed E-state index contributed by atoms with van der Waals surface area (Å²) in [5.74, 6) is 2.38. The molecule has 5 nitrogen and oxygen atoms in total. The third kappa shape index (κ3) is 5.04. The highest BCUT2D eigenvalue weighted by Gasteiger charge is 2.20. The number of carbonyl (C=O) groups is 1. The average molecular weight is 377 g/mol. The molecule has 0 aliphatic heterocycles. The maximum Gasteiger partial charge on any atom is 0.265 e. The summed E-state index contributed by atoms with van der Waals surface area (Å²) in [4.78, 5) is 12.8. The highest BCUT2D eigenvalue weighted by Crippen LogP contribution is 2.29. The molecule has 144 valence electrons. The molecule has 0 radical (unpaired) electrons. The molecule has 0 spiro atoms. The number of para-hydroxylation sites is 3. The van der Waals surface area contributed by atoms with Crippen molar-refractivity contribution in [3.63, 3.8) is 0 Å². The van der Waals surface area contributed by atoms with Crippen LogP contribution in [0, 0.1) is 0 Å². The van der Waals surface area contributed by atoms with E-state index in [4.69, 9.17) is 14.2 Å². The van der Waals surface area contributed by atoms with Crippen molar-refractivity contribution in [2.24, 2.45) is 0 Å². The Morgan fingerprint density at radius 3 is 2.18 bits per heavy atom. The van der Waals surface area contributed by atoms with Crippen LogP contribution in [0.5, 0.6) is 23.0 Å². The molecule has 1 N–H and O–H groups in total. The molecular formula is C23H23NO4. The van der Waals surface area contributed by atoms with Crippen molar-refractivity contribution in [3.8, 4) is 23.0 Å². The number of hydrogen-bond acceptors (Lipinski definition) is 4. The highest BCUT2D eigenvalue weighted by molar-refractivity contribution is 5.95. The molecule has 0 saturated carbocycles. The summed E-state index contributed by atoms with van der Waals surface area (Å²) in [7, 11) is 1.60. The van der Waals surface area contributed by atoms with Gasteiger partial charge in [0.2, 0.25) is 0 Å². The van der Waals surface area contributed by atoms with Crippen LogP contribution in [0.4, 0.5) is 5.69 Å². The van der Waals surface area contributed by atoms with E-state index < -0.39 is 6.10 Å². The number of nitrogens with one attached hydrogen (secondary N) is 1. The number of amides is 1. The Kier molecular flexibility index (Phi) is 6.52. The molecule has 1 amide bonds. The van der Waals surface area contributed by atoms with Crippen LogP contribution < -0.4 is 19.5 Å². The minimum Gasteiger partial charge on any atom is -0.497 e. The number of ether oxygens (including phenoxy) is 3. The van der Waals surface area contributed by atoms with E-state index >= 15 is 0 Å². The Labute approximate surface area is 164 Å². The number of hydrogen-bond donors (Lipinski definition) is 1. The zero-order valence-electron chi connectivity index (χ0n) is 15.9. The number of rotatable bonds is 8. The van der Waals surface area contributed by atoms with Crippen molar-refractivity contribution >= 4 is 11.6 Å². The fourth-order valence-electron chi connectivity index (χ4n) is 2.63. The zero-order valence-corrected chi connectivity index (χ0v) is 15.9. The standard InChI is InChI=1S/C23H23NO4/c1-3-21(27-19-15-13-17(26-2)14-16-19)23(25)24-20-11-7-8-12-22(20)28-18-9-5-4-6-10-18/h4-16,21H,3H2,1-2H3,(H,24,25)/t21-/m1/s1. The Balaban J connectivity index is 1.70. The first-order valence-electron chi connectivity index (χ1n) is 9.13. The summed E-state index contributed by atoms with van der Waals surface area (Å²) in [6, 6.07) is 23.9. The van der Waals surface area contributed by atoms with Gasteiger partial charge in [-0.15, -0.1) is 0 Å². The van der Waals surface area contributed by atoms with Crippen LogP contribution in [0.3, 0.4) is 0 Å². The van der Waals surface area contributed by atoms with Crippen LogP contribution in [-0.4, -0.2) is 19.1 Å². The Bertz CT molecular complexity index is 894. The van der Waals surface area contributed by atoms with Gasteiger partial charge in [-0.25, -0.2) is 0 Å². The quantitative estimate of drug-likeness (QED) is 0.580. The molecule has 0 aliphatic rings. The third-order valence-electron chi connectivity index (χ3n) is 4.12. The summed E-state index contributed by atoms with van der Waals surface area (Å²) < 4.78 is 16.9. The van der Waals surface area contributed by atoms with Gasteiger partial charge in [-0.2, -0.15) is 0 Å². The highest BCUT2D eigenvalue weighted by atomic mass is 16.5. The van der Waals surface area contributed by atoms with Crippen molar-refractivity contribution in [2.75, 3.05) is 12.4 Å². The van der Waals surface area contributed by atoms with Crippen molar-refractivity contribution in [1.82, 2.24) is 0 Å². The van der Waals surface area contributed by atoms with Crippen LogP contribution in [0.25, 0.3) is 0 Å². The molecule has 0 fully saturated rings. The monoisotopic (exact) mass is 377 g/mol. The molecule has 28 heavy (non-hydrogen) atoms. The Morgan fingerprint density at radius 2 is 1.50 bits per heavy atom. The zero-order chi connectivity index (χ0) is 19.8. The fraction of sp³-hybridized carbons (Fsp3) is 0.174. The summed E-state index contributed by atoms with van der Waals surface area (Å²) in [6.45, 7) is 1.90.